The summed E-state index contributed by atoms with van der Waals surface area (Å²) in [5.74, 6) is 0.0465. The summed E-state index contributed by atoms with van der Waals surface area (Å²) in [6.45, 7) is 1.74. The third-order valence-electron chi connectivity index (χ3n) is 3.95. The molecule has 1 amide bonds. The minimum absolute atomic E-state index is 0.0110. The van der Waals surface area contributed by atoms with Crippen molar-refractivity contribution in [3.8, 4) is 0 Å². The molecule has 0 saturated carbocycles. The van der Waals surface area contributed by atoms with Crippen LogP contribution in [0.5, 0.6) is 0 Å². The molecule has 2 aliphatic rings. The highest BCUT2D eigenvalue weighted by Gasteiger charge is 2.41. The molecule has 0 N–H and O–H groups in total. The Labute approximate surface area is 115 Å². The van der Waals surface area contributed by atoms with Gasteiger partial charge in [0.15, 0.2) is 0 Å². The molecule has 1 aromatic heterocycles. The minimum Gasteiger partial charge on any atom is -0.368 e. The molecule has 20 heavy (non-hydrogen) atoms. The molecule has 3 heterocycles. The van der Waals surface area contributed by atoms with Crippen LogP contribution in [0.25, 0.3) is 0 Å². The number of benzene rings is 1. The molecule has 2 atom stereocenters. The molecule has 0 bridgehead atoms. The van der Waals surface area contributed by atoms with Crippen molar-refractivity contribution in [1.29, 1.82) is 0 Å². The van der Waals surface area contributed by atoms with E-state index in [4.69, 9.17) is 4.74 Å². The van der Waals surface area contributed by atoms with Crippen LogP contribution in [0.4, 0.5) is 0 Å². The van der Waals surface area contributed by atoms with Crippen molar-refractivity contribution >= 4 is 5.91 Å². The van der Waals surface area contributed by atoms with E-state index < -0.39 is 0 Å². The van der Waals surface area contributed by atoms with Gasteiger partial charge in [0, 0.05) is 18.7 Å². The maximum atomic E-state index is 12.5. The highest BCUT2D eigenvalue weighted by Crippen LogP contribution is 2.30. The average molecular weight is 270 g/mol. The molecular weight excluding hydrogens is 256 g/mol. The molecule has 102 valence electrons. The van der Waals surface area contributed by atoms with Crippen molar-refractivity contribution in [1.82, 2.24) is 19.9 Å². The fourth-order valence-corrected chi connectivity index (χ4v) is 2.92. The van der Waals surface area contributed by atoms with Crippen molar-refractivity contribution < 1.29 is 9.53 Å². The minimum atomic E-state index is 0.0110. The Morgan fingerprint density at radius 2 is 2.10 bits per heavy atom. The number of amides is 1. The number of aromatic nitrogens is 3. The summed E-state index contributed by atoms with van der Waals surface area (Å²) in [4.78, 5) is 14.3. The van der Waals surface area contributed by atoms with E-state index in [1.165, 1.54) is 0 Å². The van der Waals surface area contributed by atoms with Crippen LogP contribution in [-0.4, -0.2) is 45.0 Å². The summed E-state index contributed by atoms with van der Waals surface area (Å²) in [7, 11) is 0. The van der Waals surface area contributed by atoms with Crippen molar-refractivity contribution in [2.24, 2.45) is 0 Å². The zero-order chi connectivity index (χ0) is 13.5. The standard InChI is InChI=1S/C14H14N4O2/c19-14(10-4-2-1-3-5-10)17-7-12-13(8-17)20-9-11-6-15-16-18(11)12/h1-6,12-13H,7-9H2. The number of fused-ring (bicyclic) bond motifs is 3. The lowest BCUT2D eigenvalue weighted by Crippen LogP contribution is -2.32. The lowest BCUT2D eigenvalue weighted by atomic mass is 10.2. The van der Waals surface area contributed by atoms with Crippen molar-refractivity contribution in [3.63, 3.8) is 0 Å². The zero-order valence-corrected chi connectivity index (χ0v) is 10.8. The van der Waals surface area contributed by atoms with E-state index in [9.17, 15) is 4.79 Å². The van der Waals surface area contributed by atoms with Gasteiger partial charge in [0.2, 0.25) is 0 Å². The van der Waals surface area contributed by atoms with Crippen molar-refractivity contribution in [3.05, 3.63) is 47.8 Å². The Hall–Kier alpha value is -2.21. The van der Waals surface area contributed by atoms with Crippen molar-refractivity contribution in [2.75, 3.05) is 13.1 Å². The van der Waals surface area contributed by atoms with Crippen LogP contribution in [0.15, 0.2) is 36.5 Å². The number of hydrogen-bond acceptors (Lipinski definition) is 4. The van der Waals surface area contributed by atoms with Crippen LogP contribution in [0, 0.1) is 0 Å². The summed E-state index contributed by atoms with van der Waals surface area (Å²) >= 11 is 0. The van der Waals surface area contributed by atoms with Crippen LogP contribution < -0.4 is 0 Å². The Morgan fingerprint density at radius 1 is 1.25 bits per heavy atom. The summed E-state index contributed by atoms with van der Waals surface area (Å²) in [6.07, 6.45) is 1.73. The van der Waals surface area contributed by atoms with Gasteiger partial charge in [-0.05, 0) is 12.1 Å². The molecule has 2 aliphatic heterocycles. The molecule has 0 aliphatic carbocycles. The smallest absolute Gasteiger partial charge is 0.254 e. The van der Waals surface area contributed by atoms with E-state index in [1.807, 2.05) is 39.9 Å². The molecule has 1 saturated heterocycles. The Kier molecular flexibility index (Phi) is 2.56. The van der Waals surface area contributed by atoms with Gasteiger partial charge in [-0.1, -0.05) is 23.4 Å². The molecule has 2 aromatic rings. The largest absolute Gasteiger partial charge is 0.368 e. The van der Waals surface area contributed by atoms with Crippen molar-refractivity contribution in [2.45, 2.75) is 18.8 Å². The first kappa shape index (κ1) is 11.6. The summed E-state index contributed by atoms with van der Waals surface area (Å²) in [5, 5.41) is 8.04. The fourth-order valence-electron chi connectivity index (χ4n) is 2.92. The van der Waals surface area contributed by atoms with E-state index in [0.29, 0.717) is 25.3 Å². The summed E-state index contributed by atoms with van der Waals surface area (Å²) in [6, 6.07) is 9.42. The maximum Gasteiger partial charge on any atom is 0.254 e. The molecular formula is C14H14N4O2. The molecule has 1 fully saturated rings. The quantitative estimate of drug-likeness (QED) is 0.771. The number of rotatable bonds is 1. The van der Waals surface area contributed by atoms with E-state index in [1.54, 1.807) is 6.20 Å². The molecule has 6 heteroatoms. The lowest BCUT2D eigenvalue weighted by Gasteiger charge is -2.25. The van der Waals surface area contributed by atoms with E-state index >= 15 is 0 Å². The topological polar surface area (TPSA) is 60.3 Å². The van der Waals surface area contributed by atoms with Gasteiger partial charge in [0.05, 0.1) is 30.6 Å². The van der Waals surface area contributed by atoms with Gasteiger partial charge in [-0.15, -0.1) is 5.10 Å². The van der Waals surface area contributed by atoms with Gasteiger partial charge in [-0.2, -0.15) is 0 Å². The molecule has 1 aromatic carbocycles. The maximum absolute atomic E-state index is 12.5. The van der Waals surface area contributed by atoms with Gasteiger partial charge >= 0.3 is 0 Å². The number of nitrogens with zero attached hydrogens (tertiary/aromatic N) is 4. The van der Waals surface area contributed by atoms with Crippen LogP contribution in [0.1, 0.15) is 22.1 Å². The highest BCUT2D eigenvalue weighted by molar-refractivity contribution is 5.94. The summed E-state index contributed by atoms with van der Waals surface area (Å²) < 4.78 is 7.70. The molecule has 0 spiro atoms. The second-order valence-electron chi connectivity index (χ2n) is 5.16. The first-order chi connectivity index (χ1) is 9.83. The monoisotopic (exact) mass is 270 g/mol. The Balaban J connectivity index is 1.58. The van der Waals surface area contributed by atoms with Crippen LogP contribution >= 0.6 is 0 Å². The van der Waals surface area contributed by atoms with Gasteiger partial charge in [0.1, 0.15) is 0 Å². The summed E-state index contributed by atoms with van der Waals surface area (Å²) in [5.41, 5.74) is 1.69. The normalized spacial score (nSPS) is 24.3. The highest BCUT2D eigenvalue weighted by atomic mass is 16.5. The SMILES string of the molecule is O=C(c1ccccc1)N1CC2OCc3cnnn3C2C1. The van der Waals surface area contributed by atoms with E-state index in [0.717, 1.165) is 5.69 Å². The number of carbonyl (C=O) groups excluding carboxylic acids is 1. The van der Waals surface area contributed by atoms with Gasteiger partial charge < -0.3 is 9.64 Å². The predicted molar refractivity (Wildman–Crippen MR) is 70.0 cm³/mol. The molecule has 6 nitrogen and oxygen atoms in total. The Morgan fingerprint density at radius 3 is 2.95 bits per heavy atom. The third-order valence-corrected chi connectivity index (χ3v) is 3.95. The molecule has 0 radical (unpaired) electrons. The van der Waals surface area contributed by atoms with E-state index in [2.05, 4.69) is 10.3 Å². The van der Waals surface area contributed by atoms with Gasteiger partial charge in [-0.25, -0.2) is 4.68 Å². The molecule has 2 unspecified atom stereocenters. The van der Waals surface area contributed by atoms with Crippen LogP contribution in [-0.2, 0) is 11.3 Å². The molecule has 4 rings (SSSR count). The number of carbonyl (C=O) groups is 1. The van der Waals surface area contributed by atoms with Gasteiger partial charge in [-0.3, -0.25) is 4.79 Å². The second-order valence-corrected chi connectivity index (χ2v) is 5.16. The lowest BCUT2D eigenvalue weighted by molar-refractivity contribution is -0.00488. The zero-order valence-electron chi connectivity index (χ0n) is 10.8. The first-order valence-electron chi connectivity index (χ1n) is 6.68. The third kappa shape index (κ3) is 1.72. The number of likely N-dealkylation sites (tertiary alicyclic amines) is 1. The Bertz CT molecular complexity index is 640. The van der Waals surface area contributed by atoms with Crippen LogP contribution in [0.2, 0.25) is 0 Å². The number of ether oxygens (including phenoxy) is 1. The number of hydrogen-bond donors (Lipinski definition) is 0. The predicted octanol–water partition coefficient (Wildman–Crippen LogP) is 0.874. The first-order valence-corrected chi connectivity index (χ1v) is 6.68. The average Bonchev–Trinajstić information content (AvgIpc) is 3.12. The van der Waals surface area contributed by atoms with Crippen LogP contribution in [0.3, 0.4) is 0 Å². The van der Waals surface area contributed by atoms with Gasteiger partial charge in [0.25, 0.3) is 5.91 Å². The second kappa shape index (κ2) is 4.42. The fraction of sp³-hybridized carbons (Fsp3) is 0.357. The van der Waals surface area contributed by atoms with E-state index in [-0.39, 0.29) is 18.1 Å².